The van der Waals surface area contributed by atoms with Crippen molar-refractivity contribution in [1.29, 1.82) is 0 Å². The Labute approximate surface area is 152 Å². The van der Waals surface area contributed by atoms with E-state index in [1.165, 1.54) is 7.11 Å². The van der Waals surface area contributed by atoms with Gasteiger partial charge in [0.2, 0.25) is 0 Å². The second-order valence-corrected chi connectivity index (χ2v) is 5.97. The predicted octanol–water partition coefficient (Wildman–Crippen LogP) is 1.84. The van der Waals surface area contributed by atoms with Gasteiger partial charge in [-0.3, -0.25) is 9.59 Å². The number of ether oxygens (including phenoxy) is 2. The van der Waals surface area contributed by atoms with E-state index >= 15 is 0 Å². The zero-order chi connectivity index (χ0) is 18.9. The zero-order valence-corrected chi connectivity index (χ0v) is 15.3. The highest BCUT2D eigenvalue weighted by molar-refractivity contribution is 5.86. The van der Waals surface area contributed by atoms with Crippen LogP contribution in [0.15, 0.2) is 16.9 Å². The maximum Gasteiger partial charge on any atom is 0.311 e. The molecular formula is C18H26N4O4. The van der Waals surface area contributed by atoms with Crippen molar-refractivity contribution < 1.29 is 14.3 Å². The number of benzene rings is 1. The van der Waals surface area contributed by atoms with Crippen molar-refractivity contribution in [2.24, 2.45) is 0 Å². The largest absolute Gasteiger partial charge is 0.469 e. The number of nitrogens with zero attached hydrogens (tertiary/aromatic N) is 1. The first kappa shape index (κ1) is 19.7. The van der Waals surface area contributed by atoms with Crippen molar-refractivity contribution in [3.8, 4) is 0 Å². The van der Waals surface area contributed by atoms with Gasteiger partial charge in [-0.25, -0.2) is 4.98 Å². The Balaban J connectivity index is 2.05. The third-order valence-corrected chi connectivity index (χ3v) is 3.90. The SMILES string of the molecule is CCCCOCCCNc1cc2nc(CC(=O)OC)c(=O)[nH]c2cc1N. The Morgan fingerprint density at radius 2 is 2.08 bits per heavy atom. The minimum atomic E-state index is -0.515. The summed E-state index contributed by atoms with van der Waals surface area (Å²) in [4.78, 5) is 30.4. The van der Waals surface area contributed by atoms with Gasteiger partial charge in [-0.1, -0.05) is 13.3 Å². The van der Waals surface area contributed by atoms with Gasteiger partial charge in [-0.05, 0) is 25.0 Å². The van der Waals surface area contributed by atoms with E-state index in [2.05, 4.69) is 26.9 Å². The van der Waals surface area contributed by atoms with Gasteiger partial charge in [0.15, 0.2) is 0 Å². The Morgan fingerprint density at radius 1 is 1.31 bits per heavy atom. The highest BCUT2D eigenvalue weighted by Crippen LogP contribution is 2.23. The van der Waals surface area contributed by atoms with Crippen LogP contribution in [0.2, 0.25) is 0 Å². The molecule has 0 spiro atoms. The Bertz CT molecular complexity index is 804. The van der Waals surface area contributed by atoms with E-state index in [1.54, 1.807) is 12.1 Å². The first-order chi connectivity index (χ1) is 12.5. The van der Waals surface area contributed by atoms with Gasteiger partial charge in [0.1, 0.15) is 5.69 Å². The minimum Gasteiger partial charge on any atom is -0.469 e. The van der Waals surface area contributed by atoms with Gasteiger partial charge in [-0.15, -0.1) is 0 Å². The van der Waals surface area contributed by atoms with Crippen LogP contribution in [-0.4, -0.2) is 42.8 Å². The molecule has 0 fully saturated rings. The highest BCUT2D eigenvalue weighted by atomic mass is 16.5. The van der Waals surface area contributed by atoms with Crippen LogP contribution in [-0.2, 0) is 20.7 Å². The summed E-state index contributed by atoms with van der Waals surface area (Å²) in [7, 11) is 1.27. The lowest BCUT2D eigenvalue weighted by Crippen LogP contribution is -2.19. The highest BCUT2D eigenvalue weighted by Gasteiger charge is 2.12. The number of methoxy groups -OCH3 is 1. The topological polar surface area (TPSA) is 119 Å². The molecule has 0 radical (unpaired) electrons. The number of nitrogen functional groups attached to an aromatic ring is 1. The van der Waals surface area contributed by atoms with E-state index < -0.39 is 11.5 Å². The fraction of sp³-hybridized carbons (Fsp3) is 0.500. The maximum absolute atomic E-state index is 12.0. The number of hydrogen-bond acceptors (Lipinski definition) is 7. The summed E-state index contributed by atoms with van der Waals surface area (Å²) in [6, 6.07) is 3.42. The number of anilines is 2. The quantitative estimate of drug-likeness (QED) is 0.335. The number of nitrogens with one attached hydrogen (secondary N) is 2. The van der Waals surface area contributed by atoms with Crippen molar-refractivity contribution in [2.45, 2.75) is 32.6 Å². The number of carbonyl (C=O) groups is 1. The van der Waals surface area contributed by atoms with Crippen molar-refractivity contribution in [2.75, 3.05) is 37.9 Å². The van der Waals surface area contributed by atoms with Gasteiger partial charge in [0.05, 0.1) is 35.9 Å². The molecule has 0 amide bonds. The Hall–Kier alpha value is -2.61. The zero-order valence-electron chi connectivity index (χ0n) is 15.3. The number of hydrogen-bond donors (Lipinski definition) is 3. The van der Waals surface area contributed by atoms with E-state index in [4.69, 9.17) is 10.5 Å². The van der Waals surface area contributed by atoms with Crippen LogP contribution in [0.3, 0.4) is 0 Å². The number of fused-ring (bicyclic) bond motifs is 1. The summed E-state index contributed by atoms with van der Waals surface area (Å²) >= 11 is 0. The molecule has 0 atom stereocenters. The lowest BCUT2D eigenvalue weighted by Gasteiger charge is -2.11. The third kappa shape index (κ3) is 5.45. The molecule has 2 rings (SSSR count). The molecule has 0 aliphatic heterocycles. The molecule has 0 aliphatic carbocycles. The summed E-state index contributed by atoms with van der Waals surface area (Å²) in [5.41, 5.74) is 8.06. The number of carbonyl (C=O) groups excluding carboxylic acids is 1. The molecule has 8 heteroatoms. The number of unbranched alkanes of at least 4 members (excludes halogenated alkanes) is 1. The van der Waals surface area contributed by atoms with Crippen LogP contribution in [0.5, 0.6) is 0 Å². The van der Waals surface area contributed by atoms with Gasteiger partial charge in [0, 0.05) is 19.8 Å². The van der Waals surface area contributed by atoms with Crippen molar-refractivity contribution in [3.63, 3.8) is 0 Å². The van der Waals surface area contributed by atoms with E-state index in [0.717, 1.165) is 31.6 Å². The smallest absolute Gasteiger partial charge is 0.311 e. The van der Waals surface area contributed by atoms with Crippen LogP contribution in [0.4, 0.5) is 11.4 Å². The molecule has 0 unspecified atom stereocenters. The monoisotopic (exact) mass is 362 g/mol. The summed E-state index contributed by atoms with van der Waals surface area (Å²) in [5.74, 6) is -0.515. The van der Waals surface area contributed by atoms with Gasteiger partial charge in [-0.2, -0.15) is 0 Å². The predicted molar refractivity (Wildman–Crippen MR) is 101 cm³/mol. The number of esters is 1. The van der Waals surface area contributed by atoms with Gasteiger partial charge in [0.25, 0.3) is 5.56 Å². The van der Waals surface area contributed by atoms with Crippen molar-refractivity contribution in [3.05, 3.63) is 28.2 Å². The molecule has 0 aliphatic rings. The molecule has 1 aromatic carbocycles. The molecule has 0 saturated carbocycles. The molecular weight excluding hydrogens is 336 g/mol. The first-order valence-corrected chi connectivity index (χ1v) is 8.76. The summed E-state index contributed by atoms with van der Waals surface area (Å²) in [6.45, 7) is 4.32. The van der Waals surface area contributed by atoms with E-state index in [9.17, 15) is 9.59 Å². The second kappa shape index (κ2) is 9.76. The maximum atomic E-state index is 12.0. The van der Waals surface area contributed by atoms with Crippen LogP contribution < -0.4 is 16.6 Å². The van der Waals surface area contributed by atoms with Crippen molar-refractivity contribution in [1.82, 2.24) is 9.97 Å². The fourth-order valence-corrected chi connectivity index (χ4v) is 2.42. The van der Waals surface area contributed by atoms with E-state index in [1.807, 2.05) is 0 Å². The summed E-state index contributed by atoms with van der Waals surface area (Å²) in [6.07, 6.45) is 2.87. The van der Waals surface area contributed by atoms with E-state index in [0.29, 0.717) is 29.9 Å². The third-order valence-electron chi connectivity index (χ3n) is 3.90. The van der Waals surface area contributed by atoms with Crippen LogP contribution >= 0.6 is 0 Å². The minimum absolute atomic E-state index is 0.115. The molecule has 0 saturated heterocycles. The molecule has 26 heavy (non-hydrogen) atoms. The number of rotatable bonds is 10. The molecule has 2 aromatic rings. The normalized spacial score (nSPS) is 10.8. The summed E-state index contributed by atoms with van der Waals surface area (Å²) < 4.78 is 10.1. The van der Waals surface area contributed by atoms with E-state index in [-0.39, 0.29) is 12.1 Å². The van der Waals surface area contributed by atoms with Crippen LogP contribution in [0.1, 0.15) is 31.9 Å². The fourth-order valence-electron chi connectivity index (χ4n) is 2.42. The average molecular weight is 362 g/mol. The van der Waals surface area contributed by atoms with Crippen LogP contribution in [0, 0.1) is 0 Å². The number of nitrogens with two attached hydrogens (primary N) is 1. The Morgan fingerprint density at radius 3 is 2.81 bits per heavy atom. The molecule has 142 valence electrons. The first-order valence-electron chi connectivity index (χ1n) is 8.76. The molecule has 4 N–H and O–H groups in total. The standard InChI is InChI=1S/C18H26N4O4/c1-3-4-7-26-8-5-6-20-13-10-15-14(9-12(13)19)22-18(24)16(21-15)11-17(23)25-2/h9-10,20H,3-8,11,19H2,1-2H3,(H,22,24). The lowest BCUT2D eigenvalue weighted by molar-refractivity contribution is -0.139. The molecule has 0 bridgehead atoms. The molecule has 8 nitrogen and oxygen atoms in total. The lowest BCUT2D eigenvalue weighted by atomic mass is 10.2. The number of H-pyrrole nitrogens is 1. The molecule has 1 aromatic heterocycles. The van der Waals surface area contributed by atoms with Crippen LogP contribution in [0.25, 0.3) is 11.0 Å². The number of aromatic amines is 1. The van der Waals surface area contributed by atoms with Gasteiger partial charge >= 0.3 is 5.97 Å². The average Bonchev–Trinajstić information content (AvgIpc) is 2.62. The van der Waals surface area contributed by atoms with Crippen molar-refractivity contribution >= 4 is 28.4 Å². The molecule has 1 heterocycles. The second-order valence-electron chi connectivity index (χ2n) is 5.97. The van der Waals surface area contributed by atoms with Gasteiger partial charge < -0.3 is 25.5 Å². The number of aromatic nitrogens is 2. The Kier molecular flexibility index (Phi) is 7.40. The summed E-state index contributed by atoms with van der Waals surface area (Å²) in [5, 5.41) is 3.25.